The number of hydrogen-bond donors (Lipinski definition) is 1. The van der Waals surface area contributed by atoms with Crippen molar-refractivity contribution >= 4 is 6.03 Å². The van der Waals surface area contributed by atoms with Gasteiger partial charge in [0.2, 0.25) is 0 Å². The summed E-state index contributed by atoms with van der Waals surface area (Å²) in [5, 5.41) is 3.03. The maximum atomic E-state index is 12.1. The van der Waals surface area contributed by atoms with Crippen LogP contribution in [0.25, 0.3) is 0 Å². The lowest BCUT2D eigenvalue weighted by Gasteiger charge is -2.35. The Labute approximate surface area is 128 Å². The van der Waals surface area contributed by atoms with Gasteiger partial charge < -0.3 is 10.2 Å². The Hall–Kier alpha value is -1.55. The van der Waals surface area contributed by atoms with E-state index >= 15 is 0 Å². The van der Waals surface area contributed by atoms with E-state index in [0.717, 1.165) is 39.3 Å². The number of rotatable bonds is 3. The van der Waals surface area contributed by atoms with Crippen molar-refractivity contribution in [2.45, 2.75) is 27.3 Å². The Morgan fingerprint density at radius 2 is 1.71 bits per heavy atom. The van der Waals surface area contributed by atoms with Crippen LogP contribution in [0.5, 0.6) is 0 Å². The van der Waals surface area contributed by atoms with Crippen LogP contribution >= 0.6 is 0 Å². The van der Waals surface area contributed by atoms with E-state index in [-0.39, 0.29) is 11.4 Å². The summed E-state index contributed by atoms with van der Waals surface area (Å²) in [5.74, 6) is 0. The van der Waals surface area contributed by atoms with Crippen molar-refractivity contribution in [3.05, 3.63) is 35.9 Å². The first-order valence-corrected chi connectivity index (χ1v) is 7.73. The van der Waals surface area contributed by atoms with E-state index in [4.69, 9.17) is 0 Å². The minimum atomic E-state index is 0.0734. The van der Waals surface area contributed by atoms with E-state index in [9.17, 15) is 4.79 Å². The molecule has 0 radical (unpaired) electrons. The van der Waals surface area contributed by atoms with Gasteiger partial charge in [-0.15, -0.1) is 0 Å². The Morgan fingerprint density at radius 1 is 1.10 bits per heavy atom. The summed E-state index contributed by atoms with van der Waals surface area (Å²) >= 11 is 0. The summed E-state index contributed by atoms with van der Waals surface area (Å²) in [6, 6.07) is 10.6. The Kier molecular flexibility index (Phi) is 5.23. The molecule has 1 aliphatic heterocycles. The van der Waals surface area contributed by atoms with Crippen molar-refractivity contribution in [2.24, 2.45) is 5.41 Å². The van der Waals surface area contributed by atoms with E-state index in [1.807, 2.05) is 11.0 Å². The maximum Gasteiger partial charge on any atom is 0.317 e. The van der Waals surface area contributed by atoms with Crippen molar-refractivity contribution in [1.29, 1.82) is 0 Å². The monoisotopic (exact) mass is 289 g/mol. The summed E-state index contributed by atoms with van der Waals surface area (Å²) in [4.78, 5) is 16.4. The molecule has 1 saturated heterocycles. The first-order valence-electron chi connectivity index (χ1n) is 7.73. The number of amides is 2. The van der Waals surface area contributed by atoms with Gasteiger partial charge in [0.25, 0.3) is 0 Å². The van der Waals surface area contributed by atoms with Gasteiger partial charge in [0.05, 0.1) is 0 Å². The van der Waals surface area contributed by atoms with Crippen molar-refractivity contribution in [3.8, 4) is 0 Å². The fraction of sp³-hybridized carbons (Fsp3) is 0.588. The summed E-state index contributed by atoms with van der Waals surface area (Å²) in [5.41, 5.74) is 1.47. The van der Waals surface area contributed by atoms with Crippen LogP contribution in [-0.2, 0) is 6.54 Å². The quantitative estimate of drug-likeness (QED) is 0.928. The minimum absolute atomic E-state index is 0.0734. The van der Waals surface area contributed by atoms with E-state index in [1.54, 1.807) is 0 Å². The second-order valence-electron chi connectivity index (χ2n) is 6.97. The number of carbonyl (C=O) groups is 1. The molecular formula is C17H27N3O. The fourth-order valence-corrected chi connectivity index (χ4v) is 2.40. The van der Waals surface area contributed by atoms with Gasteiger partial charge in [-0.3, -0.25) is 4.90 Å². The topological polar surface area (TPSA) is 35.6 Å². The molecule has 0 atom stereocenters. The molecule has 2 amide bonds. The van der Waals surface area contributed by atoms with Crippen molar-refractivity contribution in [3.63, 3.8) is 0 Å². The lowest BCUT2D eigenvalue weighted by Crippen LogP contribution is -2.52. The van der Waals surface area contributed by atoms with Gasteiger partial charge in [-0.05, 0) is 11.0 Å². The Bertz CT molecular complexity index is 445. The number of benzene rings is 1. The molecule has 0 bridgehead atoms. The number of hydrogen-bond acceptors (Lipinski definition) is 2. The molecule has 0 aliphatic carbocycles. The molecule has 1 fully saturated rings. The smallest absolute Gasteiger partial charge is 0.317 e. The molecule has 1 aliphatic rings. The molecular weight excluding hydrogens is 262 g/mol. The first kappa shape index (κ1) is 15.8. The summed E-state index contributed by atoms with van der Waals surface area (Å²) in [7, 11) is 0. The third kappa shape index (κ3) is 5.38. The normalized spacial score (nSPS) is 16.8. The zero-order chi connectivity index (χ0) is 15.3. The lowest BCUT2D eigenvalue weighted by atomic mass is 9.97. The zero-order valence-electron chi connectivity index (χ0n) is 13.4. The molecule has 1 aromatic carbocycles. The number of carbonyl (C=O) groups excluding carboxylic acids is 1. The predicted octanol–water partition coefficient (Wildman–Crippen LogP) is 2.56. The van der Waals surface area contributed by atoms with Gasteiger partial charge in [0.1, 0.15) is 0 Å². The van der Waals surface area contributed by atoms with Gasteiger partial charge in [-0.2, -0.15) is 0 Å². The molecule has 0 aromatic heterocycles. The molecule has 1 aromatic rings. The average Bonchev–Trinajstić information content (AvgIpc) is 2.46. The highest BCUT2D eigenvalue weighted by Gasteiger charge is 2.22. The number of urea groups is 1. The third-order valence-electron chi connectivity index (χ3n) is 3.68. The predicted molar refractivity (Wildman–Crippen MR) is 86.1 cm³/mol. The number of piperazine rings is 1. The highest BCUT2D eigenvalue weighted by molar-refractivity contribution is 5.74. The third-order valence-corrected chi connectivity index (χ3v) is 3.68. The molecule has 0 saturated carbocycles. The highest BCUT2D eigenvalue weighted by Crippen LogP contribution is 2.12. The van der Waals surface area contributed by atoms with Crippen LogP contribution in [0.15, 0.2) is 30.3 Å². The molecule has 4 heteroatoms. The van der Waals surface area contributed by atoms with Crippen LogP contribution < -0.4 is 5.32 Å². The second-order valence-corrected chi connectivity index (χ2v) is 6.97. The maximum absolute atomic E-state index is 12.1. The standard InChI is InChI=1S/C17H27N3O/c1-17(2,3)14-18-16(21)20-11-9-19(10-12-20)13-15-7-5-4-6-8-15/h4-8H,9-14H2,1-3H3,(H,18,21). The lowest BCUT2D eigenvalue weighted by molar-refractivity contribution is 0.133. The summed E-state index contributed by atoms with van der Waals surface area (Å²) < 4.78 is 0. The van der Waals surface area contributed by atoms with E-state index in [0.29, 0.717) is 0 Å². The molecule has 2 rings (SSSR count). The van der Waals surface area contributed by atoms with E-state index < -0.39 is 0 Å². The van der Waals surface area contributed by atoms with Crippen LogP contribution in [0, 0.1) is 5.41 Å². The molecule has 1 N–H and O–H groups in total. The van der Waals surface area contributed by atoms with Gasteiger partial charge in [0.15, 0.2) is 0 Å². The average molecular weight is 289 g/mol. The van der Waals surface area contributed by atoms with Gasteiger partial charge in [-0.1, -0.05) is 51.1 Å². The minimum Gasteiger partial charge on any atom is -0.337 e. The number of nitrogens with zero attached hydrogens (tertiary/aromatic N) is 2. The molecule has 4 nitrogen and oxygen atoms in total. The van der Waals surface area contributed by atoms with Crippen LogP contribution in [0.3, 0.4) is 0 Å². The van der Waals surface area contributed by atoms with E-state index in [2.05, 4.69) is 55.3 Å². The van der Waals surface area contributed by atoms with E-state index in [1.165, 1.54) is 5.56 Å². The van der Waals surface area contributed by atoms with Gasteiger partial charge in [0, 0.05) is 39.3 Å². The summed E-state index contributed by atoms with van der Waals surface area (Å²) in [6.07, 6.45) is 0. The number of nitrogens with one attached hydrogen (secondary N) is 1. The Balaban J connectivity index is 1.74. The first-order chi connectivity index (χ1) is 9.94. The van der Waals surface area contributed by atoms with Crippen molar-refractivity contribution < 1.29 is 4.79 Å². The summed E-state index contributed by atoms with van der Waals surface area (Å²) in [6.45, 7) is 11.6. The van der Waals surface area contributed by atoms with Gasteiger partial charge in [-0.25, -0.2) is 4.79 Å². The van der Waals surface area contributed by atoms with Crippen molar-refractivity contribution in [2.75, 3.05) is 32.7 Å². The van der Waals surface area contributed by atoms with Crippen molar-refractivity contribution in [1.82, 2.24) is 15.1 Å². The Morgan fingerprint density at radius 3 is 2.29 bits per heavy atom. The molecule has 0 unspecified atom stereocenters. The van der Waals surface area contributed by atoms with Crippen LogP contribution in [0.4, 0.5) is 4.79 Å². The van der Waals surface area contributed by atoms with Crippen LogP contribution in [0.1, 0.15) is 26.3 Å². The molecule has 21 heavy (non-hydrogen) atoms. The molecule has 1 heterocycles. The fourth-order valence-electron chi connectivity index (χ4n) is 2.40. The van der Waals surface area contributed by atoms with Crippen LogP contribution in [0.2, 0.25) is 0 Å². The van der Waals surface area contributed by atoms with Gasteiger partial charge >= 0.3 is 6.03 Å². The second kappa shape index (κ2) is 6.94. The molecule has 0 spiro atoms. The highest BCUT2D eigenvalue weighted by atomic mass is 16.2. The molecule has 116 valence electrons. The zero-order valence-corrected chi connectivity index (χ0v) is 13.4. The van der Waals surface area contributed by atoms with Crippen LogP contribution in [-0.4, -0.2) is 48.6 Å². The largest absolute Gasteiger partial charge is 0.337 e. The SMILES string of the molecule is CC(C)(C)CNC(=O)N1CCN(Cc2ccccc2)CC1.